The van der Waals surface area contributed by atoms with Crippen molar-refractivity contribution in [3.05, 3.63) is 35.4 Å². The van der Waals surface area contributed by atoms with Crippen molar-refractivity contribution in [2.75, 3.05) is 6.61 Å². The lowest BCUT2D eigenvalue weighted by Crippen LogP contribution is -2.10. The summed E-state index contributed by atoms with van der Waals surface area (Å²) in [6.07, 6.45) is 1.11. The molecule has 1 aromatic rings. The van der Waals surface area contributed by atoms with E-state index in [2.05, 4.69) is 13.8 Å². The van der Waals surface area contributed by atoms with Crippen molar-refractivity contribution in [2.24, 2.45) is 5.92 Å². The van der Waals surface area contributed by atoms with Gasteiger partial charge in [0.15, 0.2) is 0 Å². The van der Waals surface area contributed by atoms with E-state index in [4.69, 9.17) is 4.74 Å². The SMILES string of the molecule is CCC(C)c1ccc(C(=O)OCC(C)C)cc1. The molecule has 0 aliphatic rings. The minimum Gasteiger partial charge on any atom is -0.462 e. The van der Waals surface area contributed by atoms with Crippen LogP contribution < -0.4 is 0 Å². The van der Waals surface area contributed by atoms with E-state index in [0.29, 0.717) is 24.0 Å². The van der Waals surface area contributed by atoms with E-state index in [1.165, 1.54) is 5.56 Å². The molecule has 0 N–H and O–H groups in total. The molecule has 2 nitrogen and oxygen atoms in total. The Kier molecular flexibility index (Phi) is 5.20. The highest BCUT2D eigenvalue weighted by Gasteiger charge is 2.09. The second-order valence-electron chi connectivity index (χ2n) is 4.92. The molecule has 94 valence electrons. The van der Waals surface area contributed by atoms with Crippen LogP contribution in [0.2, 0.25) is 0 Å². The van der Waals surface area contributed by atoms with Gasteiger partial charge in [-0.1, -0.05) is 39.8 Å². The van der Waals surface area contributed by atoms with E-state index in [-0.39, 0.29) is 5.97 Å². The predicted molar refractivity (Wildman–Crippen MR) is 70.3 cm³/mol. The number of rotatable bonds is 5. The summed E-state index contributed by atoms with van der Waals surface area (Å²) in [5, 5.41) is 0. The fourth-order valence-corrected chi connectivity index (χ4v) is 1.51. The van der Waals surface area contributed by atoms with Gasteiger partial charge >= 0.3 is 5.97 Å². The summed E-state index contributed by atoms with van der Waals surface area (Å²) < 4.78 is 5.18. The molecule has 17 heavy (non-hydrogen) atoms. The third kappa shape index (κ3) is 4.22. The Balaban J connectivity index is 2.64. The van der Waals surface area contributed by atoms with Crippen molar-refractivity contribution >= 4 is 5.97 Å². The Labute approximate surface area is 104 Å². The zero-order valence-corrected chi connectivity index (χ0v) is 11.2. The number of carbonyl (C=O) groups is 1. The Morgan fingerprint density at radius 3 is 2.24 bits per heavy atom. The summed E-state index contributed by atoms with van der Waals surface area (Å²) in [7, 11) is 0. The summed E-state index contributed by atoms with van der Waals surface area (Å²) in [6, 6.07) is 7.73. The first-order chi connectivity index (χ1) is 8.04. The van der Waals surface area contributed by atoms with Gasteiger partial charge < -0.3 is 4.74 Å². The van der Waals surface area contributed by atoms with E-state index < -0.39 is 0 Å². The Hall–Kier alpha value is -1.31. The molecule has 0 fully saturated rings. The summed E-state index contributed by atoms with van der Waals surface area (Å²) in [6.45, 7) is 8.88. The van der Waals surface area contributed by atoms with Crippen LogP contribution in [0.15, 0.2) is 24.3 Å². The first-order valence-corrected chi connectivity index (χ1v) is 6.31. The topological polar surface area (TPSA) is 26.3 Å². The normalized spacial score (nSPS) is 12.5. The van der Waals surface area contributed by atoms with Gasteiger partial charge in [-0.25, -0.2) is 4.79 Å². The van der Waals surface area contributed by atoms with Crippen molar-refractivity contribution in [3.63, 3.8) is 0 Å². The number of esters is 1. The van der Waals surface area contributed by atoms with Crippen molar-refractivity contribution in [2.45, 2.75) is 40.0 Å². The van der Waals surface area contributed by atoms with Gasteiger partial charge in [0.2, 0.25) is 0 Å². The van der Waals surface area contributed by atoms with E-state index in [1.54, 1.807) is 0 Å². The third-order valence-corrected chi connectivity index (χ3v) is 2.88. The zero-order chi connectivity index (χ0) is 12.8. The Bertz CT molecular complexity index is 352. The maximum Gasteiger partial charge on any atom is 0.338 e. The molecule has 0 saturated carbocycles. The van der Waals surface area contributed by atoms with Crippen molar-refractivity contribution in [1.82, 2.24) is 0 Å². The predicted octanol–water partition coefficient (Wildman–Crippen LogP) is 4.01. The first-order valence-electron chi connectivity index (χ1n) is 6.31. The van der Waals surface area contributed by atoms with Crippen LogP contribution in [0.1, 0.15) is 56.0 Å². The zero-order valence-electron chi connectivity index (χ0n) is 11.2. The summed E-state index contributed by atoms with van der Waals surface area (Å²) in [4.78, 5) is 11.7. The molecule has 0 aliphatic heterocycles. The number of ether oxygens (including phenoxy) is 1. The molecule has 0 bridgehead atoms. The smallest absolute Gasteiger partial charge is 0.338 e. The van der Waals surface area contributed by atoms with Crippen LogP contribution in [0.3, 0.4) is 0 Å². The maximum absolute atomic E-state index is 11.7. The molecule has 0 spiro atoms. The van der Waals surface area contributed by atoms with Crippen LogP contribution in [-0.2, 0) is 4.74 Å². The quantitative estimate of drug-likeness (QED) is 0.719. The van der Waals surface area contributed by atoms with E-state index in [1.807, 2.05) is 38.1 Å². The molecule has 1 unspecified atom stereocenters. The molecule has 0 amide bonds. The van der Waals surface area contributed by atoms with Gasteiger partial charge in [-0.2, -0.15) is 0 Å². The average Bonchev–Trinajstić information content (AvgIpc) is 2.35. The van der Waals surface area contributed by atoms with Gasteiger partial charge in [0.1, 0.15) is 0 Å². The molecule has 1 aromatic carbocycles. The second kappa shape index (κ2) is 6.43. The van der Waals surface area contributed by atoms with E-state index in [9.17, 15) is 4.79 Å². The Morgan fingerprint density at radius 2 is 1.76 bits per heavy atom. The van der Waals surface area contributed by atoms with Crippen LogP contribution in [-0.4, -0.2) is 12.6 Å². The largest absolute Gasteiger partial charge is 0.462 e. The lowest BCUT2D eigenvalue weighted by Gasteiger charge is -2.10. The molecule has 1 rings (SSSR count). The summed E-state index contributed by atoms with van der Waals surface area (Å²) in [5.74, 6) is 0.684. The van der Waals surface area contributed by atoms with Gasteiger partial charge in [-0.15, -0.1) is 0 Å². The number of hydrogen-bond acceptors (Lipinski definition) is 2. The molecule has 1 atom stereocenters. The molecule has 0 aromatic heterocycles. The fourth-order valence-electron chi connectivity index (χ4n) is 1.51. The van der Waals surface area contributed by atoms with Crippen molar-refractivity contribution < 1.29 is 9.53 Å². The number of hydrogen-bond donors (Lipinski definition) is 0. The Morgan fingerprint density at radius 1 is 1.18 bits per heavy atom. The number of carbonyl (C=O) groups excluding carboxylic acids is 1. The van der Waals surface area contributed by atoms with Crippen LogP contribution >= 0.6 is 0 Å². The minimum absolute atomic E-state index is 0.227. The van der Waals surface area contributed by atoms with Gasteiger partial charge in [0.05, 0.1) is 12.2 Å². The standard InChI is InChI=1S/C15H22O2/c1-5-12(4)13-6-8-14(9-7-13)15(16)17-10-11(2)3/h6-9,11-12H,5,10H2,1-4H3. The van der Waals surface area contributed by atoms with Gasteiger partial charge in [0.25, 0.3) is 0 Å². The van der Waals surface area contributed by atoms with Gasteiger partial charge in [-0.05, 0) is 36.0 Å². The third-order valence-electron chi connectivity index (χ3n) is 2.88. The summed E-state index contributed by atoms with van der Waals surface area (Å²) >= 11 is 0. The molecule has 0 saturated heterocycles. The monoisotopic (exact) mass is 234 g/mol. The van der Waals surface area contributed by atoms with Gasteiger partial charge in [0, 0.05) is 0 Å². The van der Waals surface area contributed by atoms with Crippen LogP contribution in [0, 0.1) is 5.92 Å². The molecule has 0 radical (unpaired) electrons. The highest BCUT2D eigenvalue weighted by molar-refractivity contribution is 5.89. The second-order valence-corrected chi connectivity index (χ2v) is 4.92. The van der Waals surface area contributed by atoms with Crippen molar-refractivity contribution in [3.8, 4) is 0 Å². The molecular weight excluding hydrogens is 212 g/mol. The van der Waals surface area contributed by atoms with Crippen LogP contribution in [0.25, 0.3) is 0 Å². The highest BCUT2D eigenvalue weighted by Crippen LogP contribution is 2.19. The van der Waals surface area contributed by atoms with Crippen LogP contribution in [0.5, 0.6) is 0 Å². The summed E-state index contributed by atoms with van der Waals surface area (Å²) in [5.41, 5.74) is 1.91. The average molecular weight is 234 g/mol. The van der Waals surface area contributed by atoms with Crippen LogP contribution in [0.4, 0.5) is 0 Å². The molecular formula is C15H22O2. The van der Waals surface area contributed by atoms with E-state index in [0.717, 1.165) is 6.42 Å². The minimum atomic E-state index is -0.227. The molecule has 0 aliphatic carbocycles. The first kappa shape index (κ1) is 13.8. The lowest BCUT2D eigenvalue weighted by atomic mass is 9.98. The maximum atomic E-state index is 11.7. The lowest BCUT2D eigenvalue weighted by molar-refractivity contribution is 0.0459. The van der Waals surface area contributed by atoms with E-state index >= 15 is 0 Å². The molecule has 0 heterocycles. The highest BCUT2D eigenvalue weighted by atomic mass is 16.5. The molecule has 2 heteroatoms. The number of benzene rings is 1. The van der Waals surface area contributed by atoms with Gasteiger partial charge in [-0.3, -0.25) is 0 Å². The van der Waals surface area contributed by atoms with Crippen molar-refractivity contribution in [1.29, 1.82) is 0 Å². The fraction of sp³-hybridized carbons (Fsp3) is 0.533.